The Balaban J connectivity index is 1.57. The van der Waals surface area contributed by atoms with Gasteiger partial charge < -0.3 is 4.90 Å². The SMILES string of the molecule is O=C(c1ccnc(-n2ccnc2)c1)N1CCCC[C@@H]1Cn1cccn1. The summed E-state index contributed by atoms with van der Waals surface area (Å²) in [5.41, 5.74) is 0.658. The van der Waals surface area contributed by atoms with Gasteiger partial charge >= 0.3 is 0 Å². The van der Waals surface area contributed by atoms with Gasteiger partial charge in [-0.25, -0.2) is 9.97 Å². The second-order valence-corrected chi connectivity index (χ2v) is 6.25. The molecule has 0 radical (unpaired) electrons. The molecule has 4 rings (SSSR count). The number of rotatable bonds is 4. The summed E-state index contributed by atoms with van der Waals surface area (Å²) < 4.78 is 3.70. The lowest BCUT2D eigenvalue weighted by molar-refractivity contribution is 0.0583. The number of carbonyl (C=O) groups excluding carboxylic acids is 1. The van der Waals surface area contributed by atoms with Gasteiger partial charge in [0.25, 0.3) is 5.91 Å². The van der Waals surface area contributed by atoms with Crippen LogP contribution in [0.5, 0.6) is 0 Å². The van der Waals surface area contributed by atoms with Gasteiger partial charge in [0.2, 0.25) is 0 Å². The highest BCUT2D eigenvalue weighted by molar-refractivity contribution is 5.94. The summed E-state index contributed by atoms with van der Waals surface area (Å²) in [5, 5.41) is 4.28. The number of carbonyl (C=O) groups is 1. The maximum Gasteiger partial charge on any atom is 0.254 e. The van der Waals surface area contributed by atoms with Crippen molar-refractivity contribution in [2.45, 2.75) is 31.8 Å². The normalized spacial score (nSPS) is 17.6. The summed E-state index contributed by atoms with van der Waals surface area (Å²) in [6, 6.07) is 5.69. The van der Waals surface area contributed by atoms with Crippen molar-refractivity contribution in [3.63, 3.8) is 0 Å². The van der Waals surface area contributed by atoms with E-state index in [4.69, 9.17) is 0 Å². The van der Waals surface area contributed by atoms with Gasteiger partial charge in [0.1, 0.15) is 12.1 Å². The number of pyridine rings is 1. The van der Waals surface area contributed by atoms with Gasteiger partial charge in [-0.2, -0.15) is 5.10 Å². The van der Waals surface area contributed by atoms with Crippen LogP contribution in [-0.2, 0) is 6.54 Å². The molecular formula is C18H20N6O. The first kappa shape index (κ1) is 15.6. The minimum absolute atomic E-state index is 0.0561. The molecule has 0 aliphatic carbocycles. The average Bonchev–Trinajstić information content (AvgIpc) is 3.36. The molecule has 1 amide bonds. The molecule has 1 aliphatic heterocycles. The number of aromatic nitrogens is 5. The van der Waals surface area contributed by atoms with Crippen LogP contribution in [0.15, 0.2) is 55.5 Å². The van der Waals surface area contributed by atoms with Crippen molar-refractivity contribution in [3.8, 4) is 5.82 Å². The second kappa shape index (κ2) is 6.88. The summed E-state index contributed by atoms with van der Waals surface area (Å²) in [7, 11) is 0. The van der Waals surface area contributed by atoms with Gasteiger partial charge in [-0.1, -0.05) is 0 Å². The van der Waals surface area contributed by atoms with Crippen LogP contribution in [0, 0.1) is 0 Å². The van der Waals surface area contributed by atoms with Crippen LogP contribution in [0.2, 0.25) is 0 Å². The summed E-state index contributed by atoms with van der Waals surface area (Å²) in [6.45, 7) is 1.52. The molecule has 0 unspecified atom stereocenters. The van der Waals surface area contributed by atoms with Gasteiger partial charge in [-0.3, -0.25) is 14.0 Å². The molecule has 1 saturated heterocycles. The predicted molar refractivity (Wildman–Crippen MR) is 92.3 cm³/mol. The van der Waals surface area contributed by atoms with E-state index >= 15 is 0 Å². The van der Waals surface area contributed by atoms with Crippen LogP contribution in [0.4, 0.5) is 0 Å². The molecule has 0 N–H and O–H groups in total. The third-order valence-electron chi connectivity index (χ3n) is 4.61. The molecule has 0 aromatic carbocycles. The largest absolute Gasteiger partial charge is 0.334 e. The Morgan fingerprint density at radius 1 is 1.20 bits per heavy atom. The van der Waals surface area contributed by atoms with Crippen LogP contribution >= 0.6 is 0 Å². The second-order valence-electron chi connectivity index (χ2n) is 6.25. The van der Waals surface area contributed by atoms with Crippen molar-refractivity contribution in [1.29, 1.82) is 0 Å². The minimum atomic E-state index is 0.0561. The summed E-state index contributed by atoms with van der Waals surface area (Å²) in [4.78, 5) is 23.5. The van der Waals surface area contributed by atoms with Gasteiger partial charge in [-0.15, -0.1) is 0 Å². The number of hydrogen-bond donors (Lipinski definition) is 0. The van der Waals surface area contributed by atoms with Crippen molar-refractivity contribution in [2.75, 3.05) is 6.54 Å². The van der Waals surface area contributed by atoms with E-state index < -0.39 is 0 Å². The molecule has 0 saturated carbocycles. The quantitative estimate of drug-likeness (QED) is 0.732. The minimum Gasteiger partial charge on any atom is -0.334 e. The zero-order valence-corrected chi connectivity index (χ0v) is 13.9. The van der Waals surface area contributed by atoms with Crippen LogP contribution in [0.1, 0.15) is 29.6 Å². The van der Waals surface area contributed by atoms with E-state index in [1.165, 1.54) is 0 Å². The smallest absolute Gasteiger partial charge is 0.254 e. The fourth-order valence-electron chi connectivity index (χ4n) is 3.34. The van der Waals surface area contributed by atoms with E-state index in [0.717, 1.165) is 32.4 Å². The highest BCUT2D eigenvalue weighted by atomic mass is 16.2. The Labute approximate surface area is 145 Å². The molecule has 3 aromatic rings. The van der Waals surface area contributed by atoms with E-state index in [-0.39, 0.29) is 11.9 Å². The van der Waals surface area contributed by atoms with Gasteiger partial charge in [-0.05, 0) is 37.5 Å². The first-order chi connectivity index (χ1) is 12.3. The van der Waals surface area contributed by atoms with Crippen LogP contribution in [0.3, 0.4) is 0 Å². The molecule has 0 spiro atoms. The first-order valence-electron chi connectivity index (χ1n) is 8.54. The van der Waals surface area contributed by atoms with E-state index in [2.05, 4.69) is 15.1 Å². The molecule has 4 heterocycles. The molecule has 0 bridgehead atoms. The van der Waals surface area contributed by atoms with E-state index in [9.17, 15) is 4.79 Å². The van der Waals surface area contributed by atoms with Crippen LogP contribution in [-0.4, -0.2) is 47.7 Å². The van der Waals surface area contributed by atoms with E-state index in [1.807, 2.05) is 34.1 Å². The monoisotopic (exact) mass is 336 g/mol. The maximum atomic E-state index is 13.1. The number of amides is 1. The topological polar surface area (TPSA) is 68.8 Å². The Kier molecular flexibility index (Phi) is 4.28. The Morgan fingerprint density at radius 3 is 2.96 bits per heavy atom. The molecular weight excluding hydrogens is 316 g/mol. The standard InChI is InChI=1S/C18H20N6O/c25-18(15-5-7-20-17(12-15)22-11-8-19-14-22)24-10-2-1-4-16(24)13-23-9-3-6-21-23/h3,5-9,11-12,14,16H,1-2,4,10,13H2/t16-/m1/s1. The highest BCUT2D eigenvalue weighted by Crippen LogP contribution is 2.21. The van der Waals surface area contributed by atoms with Crippen molar-refractivity contribution in [2.24, 2.45) is 0 Å². The molecule has 1 atom stereocenters. The highest BCUT2D eigenvalue weighted by Gasteiger charge is 2.28. The maximum absolute atomic E-state index is 13.1. The predicted octanol–water partition coefficient (Wildman–Crippen LogP) is 2.16. The molecule has 25 heavy (non-hydrogen) atoms. The van der Waals surface area contributed by atoms with Gasteiger partial charge in [0, 0.05) is 43.1 Å². The average molecular weight is 336 g/mol. The van der Waals surface area contributed by atoms with Gasteiger partial charge in [0.05, 0.1) is 12.6 Å². The van der Waals surface area contributed by atoms with E-state index in [0.29, 0.717) is 11.4 Å². The van der Waals surface area contributed by atoms with Gasteiger partial charge in [0.15, 0.2) is 0 Å². The number of hydrogen-bond acceptors (Lipinski definition) is 4. The molecule has 128 valence electrons. The third kappa shape index (κ3) is 3.31. The Morgan fingerprint density at radius 2 is 2.16 bits per heavy atom. The molecule has 3 aromatic heterocycles. The van der Waals surface area contributed by atoms with Crippen molar-refractivity contribution in [1.82, 2.24) is 29.2 Å². The van der Waals surface area contributed by atoms with E-state index in [1.54, 1.807) is 35.6 Å². The third-order valence-corrected chi connectivity index (χ3v) is 4.61. The number of imidazole rings is 1. The fraction of sp³-hybridized carbons (Fsp3) is 0.333. The Bertz CT molecular complexity index is 827. The molecule has 7 nitrogen and oxygen atoms in total. The molecule has 1 aliphatic rings. The van der Waals surface area contributed by atoms with Crippen LogP contribution < -0.4 is 0 Å². The zero-order chi connectivity index (χ0) is 17.1. The lowest BCUT2D eigenvalue weighted by Crippen LogP contribution is -2.46. The van der Waals surface area contributed by atoms with Crippen LogP contribution in [0.25, 0.3) is 5.82 Å². The first-order valence-corrected chi connectivity index (χ1v) is 8.54. The lowest BCUT2D eigenvalue weighted by atomic mass is 10.0. The summed E-state index contributed by atoms with van der Waals surface area (Å²) in [5.74, 6) is 0.754. The molecule has 1 fully saturated rings. The Hall–Kier alpha value is -2.96. The lowest BCUT2D eigenvalue weighted by Gasteiger charge is -2.35. The number of piperidine rings is 1. The summed E-state index contributed by atoms with van der Waals surface area (Å²) >= 11 is 0. The van der Waals surface area contributed by atoms with Crippen molar-refractivity contribution < 1.29 is 4.79 Å². The number of likely N-dealkylation sites (tertiary alicyclic amines) is 1. The van der Waals surface area contributed by atoms with Crippen molar-refractivity contribution >= 4 is 5.91 Å². The zero-order valence-electron chi connectivity index (χ0n) is 13.9. The molecule has 7 heteroatoms. The summed E-state index contributed by atoms with van der Waals surface area (Å²) in [6.07, 6.45) is 13.8. The van der Waals surface area contributed by atoms with Crippen molar-refractivity contribution in [3.05, 3.63) is 61.1 Å². The number of nitrogens with zero attached hydrogens (tertiary/aromatic N) is 6. The fourth-order valence-corrected chi connectivity index (χ4v) is 3.34.